The first-order valence-corrected chi connectivity index (χ1v) is 9.94. The van der Waals surface area contributed by atoms with Crippen LogP contribution in [0.15, 0.2) is 66.7 Å². The third-order valence-electron chi connectivity index (χ3n) is 4.88. The molecule has 0 aromatic heterocycles. The van der Waals surface area contributed by atoms with Gasteiger partial charge in [0.1, 0.15) is 11.5 Å². The fraction of sp³-hybridized carbons (Fsp3) is 0.208. The number of halogens is 1. The molecule has 0 aliphatic heterocycles. The zero-order chi connectivity index (χ0) is 20.8. The van der Waals surface area contributed by atoms with Crippen LogP contribution in [0.25, 0.3) is 0 Å². The molecule has 0 aliphatic carbocycles. The van der Waals surface area contributed by atoms with Crippen LogP contribution in [-0.2, 0) is 0 Å². The van der Waals surface area contributed by atoms with Gasteiger partial charge in [-0.2, -0.15) is 0 Å². The Hall–Kier alpha value is -2.98. The molecule has 0 spiro atoms. The Kier molecular flexibility index (Phi) is 6.78. The molecule has 29 heavy (non-hydrogen) atoms. The van der Waals surface area contributed by atoms with E-state index in [0.717, 1.165) is 12.0 Å². The van der Waals surface area contributed by atoms with Crippen molar-refractivity contribution < 1.29 is 14.6 Å². The summed E-state index contributed by atoms with van der Waals surface area (Å²) < 4.78 is 6.02. The molecular formula is C24H24ClNO3. The highest BCUT2D eigenvalue weighted by atomic mass is 35.5. The summed E-state index contributed by atoms with van der Waals surface area (Å²) in [6.45, 7) is 4.58. The number of phenolic OH excluding ortho intramolecular Hbond substituents is 1. The molecule has 2 N–H and O–H groups in total. The second kappa shape index (κ2) is 9.48. The number of anilines is 1. The van der Waals surface area contributed by atoms with Crippen LogP contribution >= 0.6 is 11.6 Å². The van der Waals surface area contributed by atoms with E-state index in [0.29, 0.717) is 29.0 Å². The van der Waals surface area contributed by atoms with E-state index in [-0.39, 0.29) is 11.3 Å². The van der Waals surface area contributed by atoms with Gasteiger partial charge in [0, 0.05) is 22.7 Å². The predicted octanol–water partition coefficient (Wildman–Crippen LogP) is 6.18. The van der Waals surface area contributed by atoms with Crippen molar-refractivity contribution >= 4 is 23.2 Å². The first-order chi connectivity index (χ1) is 14.0. The van der Waals surface area contributed by atoms with Crippen LogP contribution in [0.3, 0.4) is 0 Å². The van der Waals surface area contributed by atoms with Crippen molar-refractivity contribution in [3.05, 3.63) is 88.4 Å². The molecule has 5 heteroatoms. The molecule has 0 radical (unpaired) electrons. The van der Waals surface area contributed by atoms with Crippen LogP contribution < -0.4 is 10.1 Å². The van der Waals surface area contributed by atoms with Crippen LogP contribution in [-0.4, -0.2) is 17.6 Å². The average molecular weight is 410 g/mol. The minimum atomic E-state index is -0.430. The largest absolute Gasteiger partial charge is 0.507 e. The molecule has 0 bridgehead atoms. The van der Waals surface area contributed by atoms with Crippen molar-refractivity contribution in [3.63, 3.8) is 0 Å². The first kappa shape index (κ1) is 20.7. The zero-order valence-electron chi connectivity index (χ0n) is 16.5. The maximum atomic E-state index is 12.6. The van der Waals surface area contributed by atoms with Crippen molar-refractivity contribution in [1.82, 2.24) is 0 Å². The van der Waals surface area contributed by atoms with E-state index in [9.17, 15) is 9.90 Å². The lowest BCUT2D eigenvalue weighted by atomic mass is 9.97. The number of carbonyl (C=O) groups is 1. The molecule has 0 saturated heterocycles. The summed E-state index contributed by atoms with van der Waals surface area (Å²) in [4.78, 5) is 12.6. The number of aryl methyl sites for hydroxylation is 1. The lowest BCUT2D eigenvalue weighted by Crippen LogP contribution is -2.14. The third-order valence-corrected chi connectivity index (χ3v) is 5.11. The lowest BCUT2D eigenvalue weighted by Gasteiger charge is -2.17. The average Bonchev–Trinajstić information content (AvgIpc) is 2.73. The van der Waals surface area contributed by atoms with E-state index in [1.807, 2.05) is 37.3 Å². The number of hydrogen-bond acceptors (Lipinski definition) is 3. The Labute approximate surface area is 176 Å². The Morgan fingerprint density at radius 1 is 1.10 bits per heavy atom. The molecule has 0 fully saturated rings. The molecule has 150 valence electrons. The van der Waals surface area contributed by atoms with Crippen LogP contribution in [0.2, 0.25) is 5.02 Å². The van der Waals surface area contributed by atoms with Crippen LogP contribution in [0.5, 0.6) is 11.5 Å². The second-order valence-corrected chi connectivity index (χ2v) is 7.36. The van der Waals surface area contributed by atoms with Crippen LogP contribution in [0.4, 0.5) is 5.69 Å². The smallest absolute Gasteiger partial charge is 0.259 e. The third kappa shape index (κ3) is 5.30. The molecular weight excluding hydrogens is 386 g/mol. The highest BCUT2D eigenvalue weighted by Gasteiger charge is 2.14. The summed E-state index contributed by atoms with van der Waals surface area (Å²) in [7, 11) is 0. The number of rotatable bonds is 7. The van der Waals surface area contributed by atoms with Crippen LogP contribution in [0.1, 0.15) is 40.7 Å². The van der Waals surface area contributed by atoms with Gasteiger partial charge in [-0.05, 0) is 48.7 Å². The quantitative estimate of drug-likeness (QED) is 0.490. The summed E-state index contributed by atoms with van der Waals surface area (Å²) in [6, 6.07) is 20.2. The van der Waals surface area contributed by atoms with Gasteiger partial charge in [-0.25, -0.2) is 0 Å². The lowest BCUT2D eigenvalue weighted by molar-refractivity contribution is 0.102. The summed E-state index contributed by atoms with van der Waals surface area (Å²) in [6.07, 6.45) is 0.966. The molecule has 0 aliphatic rings. The number of aromatic hydroxyl groups is 1. The fourth-order valence-electron chi connectivity index (χ4n) is 3.08. The van der Waals surface area contributed by atoms with Gasteiger partial charge >= 0.3 is 0 Å². The Morgan fingerprint density at radius 2 is 1.86 bits per heavy atom. The topological polar surface area (TPSA) is 58.6 Å². The van der Waals surface area contributed by atoms with E-state index < -0.39 is 5.91 Å². The van der Waals surface area contributed by atoms with E-state index in [1.165, 1.54) is 23.8 Å². The van der Waals surface area contributed by atoms with Gasteiger partial charge in [0.15, 0.2) is 0 Å². The second-order valence-electron chi connectivity index (χ2n) is 6.92. The van der Waals surface area contributed by atoms with Crippen LogP contribution in [0, 0.1) is 6.92 Å². The molecule has 3 aromatic rings. The number of ether oxygens (including phenoxy) is 1. The highest BCUT2D eigenvalue weighted by molar-refractivity contribution is 6.31. The monoisotopic (exact) mass is 409 g/mol. The SMILES string of the molecule is CC[C@H](COc1ccc(C)c(NC(=O)c2cc(Cl)ccc2O)c1)c1ccccc1. The zero-order valence-corrected chi connectivity index (χ0v) is 17.2. The summed E-state index contributed by atoms with van der Waals surface area (Å²) in [5, 5.41) is 13.2. The molecule has 1 amide bonds. The Morgan fingerprint density at radius 3 is 2.59 bits per heavy atom. The maximum absolute atomic E-state index is 12.6. The van der Waals surface area contributed by atoms with Gasteiger partial charge in [0.2, 0.25) is 0 Å². The molecule has 3 rings (SSSR count). The minimum absolute atomic E-state index is 0.120. The van der Waals surface area contributed by atoms with E-state index in [4.69, 9.17) is 16.3 Å². The summed E-state index contributed by atoms with van der Waals surface area (Å²) >= 11 is 5.94. The summed E-state index contributed by atoms with van der Waals surface area (Å²) in [5.41, 5.74) is 2.88. The Balaban J connectivity index is 1.72. The van der Waals surface area contributed by atoms with Crippen molar-refractivity contribution in [2.45, 2.75) is 26.2 Å². The number of benzene rings is 3. The number of nitrogens with one attached hydrogen (secondary N) is 1. The van der Waals surface area contributed by atoms with Crippen molar-refractivity contribution in [2.75, 3.05) is 11.9 Å². The number of hydrogen-bond donors (Lipinski definition) is 2. The maximum Gasteiger partial charge on any atom is 0.259 e. The normalized spacial score (nSPS) is 11.7. The van der Waals surface area contributed by atoms with Gasteiger partial charge in [0.05, 0.1) is 12.2 Å². The van der Waals surface area contributed by atoms with Crippen molar-refractivity contribution in [1.29, 1.82) is 0 Å². The minimum Gasteiger partial charge on any atom is -0.507 e. The van der Waals surface area contributed by atoms with E-state index >= 15 is 0 Å². The van der Waals surface area contributed by atoms with E-state index in [2.05, 4.69) is 24.4 Å². The molecule has 4 nitrogen and oxygen atoms in total. The van der Waals surface area contributed by atoms with Crippen molar-refractivity contribution in [3.8, 4) is 11.5 Å². The fourth-order valence-corrected chi connectivity index (χ4v) is 3.25. The molecule has 0 unspecified atom stereocenters. The van der Waals surface area contributed by atoms with Gasteiger partial charge < -0.3 is 15.2 Å². The van der Waals surface area contributed by atoms with Crippen molar-refractivity contribution in [2.24, 2.45) is 0 Å². The summed E-state index contributed by atoms with van der Waals surface area (Å²) in [5.74, 6) is 0.418. The molecule has 3 aromatic carbocycles. The Bertz CT molecular complexity index is 989. The van der Waals surface area contributed by atoms with E-state index in [1.54, 1.807) is 6.07 Å². The van der Waals surface area contributed by atoms with Gasteiger partial charge in [-0.1, -0.05) is 54.9 Å². The predicted molar refractivity (Wildman–Crippen MR) is 117 cm³/mol. The highest BCUT2D eigenvalue weighted by Crippen LogP contribution is 2.27. The van der Waals surface area contributed by atoms with Gasteiger partial charge in [0.25, 0.3) is 5.91 Å². The molecule has 0 heterocycles. The molecule has 0 saturated carbocycles. The number of phenols is 1. The number of amides is 1. The van der Waals surface area contributed by atoms with Gasteiger partial charge in [-0.15, -0.1) is 0 Å². The number of carbonyl (C=O) groups excluding carboxylic acids is 1. The van der Waals surface area contributed by atoms with Gasteiger partial charge in [-0.3, -0.25) is 4.79 Å². The first-order valence-electron chi connectivity index (χ1n) is 9.56. The molecule has 1 atom stereocenters. The standard InChI is InChI=1S/C24H24ClNO3/c1-3-17(18-7-5-4-6-8-18)15-29-20-11-9-16(2)22(14-20)26-24(28)21-13-19(25)10-12-23(21)27/h4-14,17,27H,3,15H2,1-2H3,(H,26,28)/t17-/m1/s1.